The van der Waals surface area contributed by atoms with E-state index in [1.807, 2.05) is 6.07 Å². The van der Waals surface area contributed by atoms with Gasteiger partial charge in [0.15, 0.2) is 5.82 Å². The molecule has 0 aliphatic carbocycles. The van der Waals surface area contributed by atoms with Crippen molar-refractivity contribution in [1.82, 2.24) is 20.2 Å². The van der Waals surface area contributed by atoms with Crippen LogP contribution in [0, 0.1) is 25.2 Å². The predicted octanol–water partition coefficient (Wildman–Crippen LogP) is 2.26. The van der Waals surface area contributed by atoms with Crippen molar-refractivity contribution in [2.45, 2.75) is 33.2 Å². The van der Waals surface area contributed by atoms with Crippen molar-refractivity contribution < 1.29 is 0 Å². The Balaban J connectivity index is 2.25. The molecule has 0 unspecified atom stereocenters. The van der Waals surface area contributed by atoms with E-state index in [1.165, 1.54) is 11.1 Å². The number of aromatic nitrogens is 4. The third-order valence-electron chi connectivity index (χ3n) is 2.96. The van der Waals surface area contributed by atoms with Crippen molar-refractivity contribution in [3.8, 4) is 17.5 Å². The van der Waals surface area contributed by atoms with E-state index in [1.54, 1.807) is 4.68 Å². The predicted molar refractivity (Wildman–Crippen MR) is 67.6 cm³/mol. The molecule has 1 aromatic carbocycles. The van der Waals surface area contributed by atoms with Crippen LogP contribution in [0.4, 0.5) is 0 Å². The van der Waals surface area contributed by atoms with Gasteiger partial charge in [-0.2, -0.15) is 5.26 Å². The average Bonchev–Trinajstić information content (AvgIpc) is 2.81. The van der Waals surface area contributed by atoms with Gasteiger partial charge in [-0.05, 0) is 47.9 Å². The van der Waals surface area contributed by atoms with Crippen molar-refractivity contribution in [1.29, 1.82) is 5.26 Å². The van der Waals surface area contributed by atoms with E-state index in [9.17, 15) is 0 Å². The quantitative estimate of drug-likeness (QED) is 0.770. The molecule has 0 saturated carbocycles. The summed E-state index contributed by atoms with van der Waals surface area (Å²) in [5.74, 6) is 0.760. The number of tetrazole rings is 1. The summed E-state index contributed by atoms with van der Waals surface area (Å²) in [6.45, 7) is 4.82. The van der Waals surface area contributed by atoms with E-state index >= 15 is 0 Å². The topological polar surface area (TPSA) is 67.4 Å². The van der Waals surface area contributed by atoms with E-state index in [4.69, 9.17) is 5.26 Å². The summed E-state index contributed by atoms with van der Waals surface area (Å²) in [7, 11) is 0. The molecule has 0 aliphatic heterocycles. The number of rotatable bonds is 4. The molecule has 92 valence electrons. The first-order chi connectivity index (χ1) is 8.72. The lowest BCUT2D eigenvalue weighted by Gasteiger charge is -2.05. The Morgan fingerprint density at radius 3 is 2.83 bits per heavy atom. The fourth-order valence-corrected chi connectivity index (χ4v) is 1.75. The van der Waals surface area contributed by atoms with Crippen molar-refractivity contribution in [2.75, 3.05) is 0 Å². The highest BCUT2D eigenvalue weighted by atomic mass is 15.5. The van der Waals surface area contributed by atoms with Gasteiger partial charge in [0.2, 0.25) is 0 Å². The van der Waals surface area contributed by atoms with Crippen molar-refractivity contribution >= 4 is 0 Å². The van der Waals surface area contributed by atoms with Gasteiger partial charge in [0.05, 0.1) is 6.07 Å². The Bertz CT molecular complexity index is 579. The van der Waals surface area contributed by atoms with Gasteiger partial charge in [0.25, 0.3) is 0 Å². The van der Waals surface area contributed by atoms with Crippen LogP contribution in [0.1, 0.15) is 24.0 Å². The van der Waals surface area contributed by atoms with E-state index in [0.717, 1.165) is 17.8 Å². The zero-order chi connectivity index (χ0) is 13.0. The molecule has 0 amide bonds. The van der Waals surface area contributed by atoms with Gasteiger partial charge in [-0.25, -0.2) is 4.68 Å². The molecule has 2 aromatic rings. The summed E-state index contributed by atoms with van der Waals surface area (Å²) >= 11 is 0. The SMILES string of the molecule is Cc1ccc(-c2nnnn2CCCC#N)cc1C. The molecule has 2 rings (SSSR count). The molecule has 0 spiro atoms. The number of hydrogen-bond acceptors (Lipinski definition) is 4. The number of aryl methyl sites for hydroxylation is 3. The minimum absolute atomic E-state index is 0.520. The highest BCUT2D eigenvalue weighted by Gasteiger charge is 2.09. The number of hydrogen-bond donors (Lipinski definition) is 0. The minimum Gasteiger partial charge on any atom is -0.225 e. The molecule has 0 atom stereocenters. The molecule has 1 heterocycles. The van der Waals surface area contributed by atoms with E-state index < -0.39 is 0 Å². The first kappa shape index (κ1) is 12.2. The molecular weight excluding hydrogens is 226 g/mol. The van der Waals surface area contributed by atoms with Crippen LogP contribution >= 0.6 is 0 Å². The molecule has 1 aromatic heterocycles. The Hall–Kier alpha value is -2.22. The highest BCUT2D eigenvalue weighted by molar-refractivity contribution is 5.56. The van der Waals surface area contributed by atoms with Gasteiger partial charge in [-0.3, -0.25) is 0 Å². The average molecular weight is 241 g/mol. The van der Waals surface area contributed by atoms with Gasteiger partial charge in [0, 0.05) is 18.5 Å². The third-order valence-corrected chi connectivity index (χ3v) is 2.96. The second-order valence-electron chi connectivity index (χ2n) is 4.29. The molecule has 5 heteroatoms. The van der Waals surface area contributed by atoms with Crippen LogP contribution in [-0.4, -0.2) is 20.2 Å². The smallest absolute Gasteiger partial charge is 0.182 e. The number of unbranched alkanes of at least 4 members (excludes halogenated alkanes) is 1. The van der Waals surface area contributed by atoms with Gasteiger partial charge in [-0.15, -0.1) is 5.10 Å². The summed E-state index contributed by atoms with van der Waals surface area (Å²) in [6.07, 6.45) is 1.28. The molecule has 0 aliphatic rings. The summed E-state index contributed by atoms with van der Waals surface area (Å²) < 4.78 is 1.75. The van der Waals surface area contributed by atoms with Gasteiger partial charge >= 0.3 is 0 Å². The molecule has 18 heavy (non-hydrogen) atoms. The fourth-order valence-electron chi connectivity index (χ4n) is 1.75. The van der Waals surface area contributed by atoms with Gasteiger partial charge in [0.1, 0.15) is 0 Å². The lowest BCUT2D eigenvalue weighted by atomic mass is 10.1. The summed E-state index contributed by atoms with van der Waals surface area (Å²) in [5.41, 5.74) is 3.49. The normalized spacial score (nSPS) is 10.3. The largest absolute Gasteiger partial charge is 0.225 e. The van der Waals surface area contributed by atoms with Crippen LogP contribution < -0.4 is 0 Å². The molecule has 5 nitrogen and oxygen atoms in total. The Kier molecular flexibility index (Phi) is 3.68. The lowest BCUT2D eigenvalue weighted by Crippen LogP contribution is -2.03. The third kappa shape index (κ3) is 2.54. The van der Waals surface area contributed by atoms with Crippen LogP contribution in [0.15, 0.2) is 18.2 Å². The van der Waals surface area contributed by atoms with E-state index in [0.29, 0.717) is 13.0 Å². The zero-order valence-corrected chi connectivity index (χ0v) is 10.6. The standard InChI is InChI=1S/C13H15N5/c1-10-5-6-12(9-11(10)2)13-15-16-17-18(13)8-4-3-7-14/h5-6,9H,3-4,8H2,1-2H3. The number of benzene rings is 1. The van der Waals surface area contributed by atoms with Crippen molar-refractivity contribution in [3.63, 3.8) is 0 Å². The van der Waals surface area contributed by atoms with E-state index in [-0.39, 0.29) is 0 Å². The summed E-state index contributed by atoms with van der Waals surface area (Å²) in [6, 6.07) is 8.30. The second kappa shape index (κ2) is 5.41. The number of nitriles is 1. The van der Waals surface area contributed by atoms with Crippen LogP contribution in [0.2, 0.25) is 0 Å². The van der Waals surface area contributed by atoms with Crippen LogP contribution in [0.3, 0.4) is 0 Å². The maximum Gasteiger partial charge on any atom is 0.182 e. The molecule has 0 bridgehead atoms. The van der Waals surface area contributed by atoms with Crippen molar-refractivity contribution in [2.24, 2.45) is 0 Å². The van der Waals surface area contributed by atoms with Crippen LogP contribution in [0.5, 0.6) is 0 Å². The van der Waals surface area contributed by atoms with Crippen molar-refractivity contribution in [3.05, 3.63) is 29.3 Å². The van der Waals surface area contributed by atoms with Crippen LogP contribution in [-0.2, 0) is 6.54 Å². The van der Waals surface area contributed by atoms with Gasteiger partial charge < -0.3 is 0 Å². The maximum absolute atomic E-state index is 8.54. The summed E-state index contributed by atoms with van der Waals surface area (Å²) in [4.78, 5) is 0. The van der Waals surface area contributed by atoms with Crippen LogP contribution in [0.25, 0.3) is 11.4 Å². The monoisotopic (exact) mass is 241 g/mol. The Morgan fingerprint density at radius 2 is 2.11 bits per heavy atom. The minimum atomic E-state index is 0.520. The zero-order valence-electron chi connectivity index (χ0n) is 10.6. The number of nitrogens with zero attached hydrogens (tertiary/aromatic N) is 5. The molecule has 0 fully saturated rings. The molecule has 0 radical (unpaired) electrons. The Labute approximate surface area is 106 Å². The first-order valence-corrected chi connectivity index (χ1v) is 5.93. The maximum atomic E-state index is 8.54. The second-order valence-corrected chi connectivity index (χ2v) is 4.29. The van der Waals surface area contributed by atoms with Gasteiger partial charge in [-0.1, -0.05) is 12.1 Å². The van der Waals surface area contributed by atoms with E-state index in [2.05, 4.69) is 47.6 Å². The first-order valence-electron chi connectivity index (χ1n) is 5.93. The summed E-state index contributed by atoms with van der Waals surface area (Å²) in [5, 5.41) is 20.3. The lowest BCUT2D eigenvalue weighted by molar-refractivity contribution is 0.569. The fraction of sp³-hybridized carbons (Fsp3) is 0.385. The Morgan fingerprint density at radius 1 is 1.28 bits per heavy atom. The highest BCUT2D eigenvalue weighted by Crippen LogP contribution is 2.19. The molecule has 0 saturated heterocycles. The molecular formula is C13H15N5. The molecule has 0 N–H and O–H groups in total.